The molecular weight excluding hydrogens is 323 g/mol. The van der Waals surface area contributed by atoms with Crippen LogP contribution in [-0.2, 0) is 4.79 Å². The quantitative estimate of drug-likeness (QED) is 0.761. The van der Waals surface area contributed by atoms with Crippen molar-refractivity contribution in [3.05, 3.63) is 35.2 Å². The first-order valence-corrected chi connectivity index (χ1v) is 8.38. The van der Waals surface area contributed by atoms with Crippen molar-refractivity contribution in [2.75, 3.05) is 6.61 Å². The van der Waals surface area contributed by atoms with Crippen LogP contribution in [0.4, 0.5) is 4.39 Å². The number of hydrogen-bond acceptors (Lipinski definition) is 4. The summed E-state index contributed by atoms with van der Waals surface area (Å²) in [5.41, 5.74) is 1.77. The largest absolute Gasteiger partial charge is 0.542 e. The van der Waals surface area contributed by atoms with Crippen LogP contribution in [0.1, 0.15) is 52.7 Å². The molecular formula is C20H24FO4-. The third kappa shape index (κ3) is 3.86. The van der Waals surface area contributed by atoms with Gasteiger partial charge in [-0.2, -0.15) is 0 Å². The fraction of sp³-hybridized carbons (Fsp3) is 0.450. The van der Waals surface area contributed by atoms with Crippen molar-refractivity contribution in [1.29, 1.82) is 0 Å². The van der Waals surface area contributed by atoms with Gasteiger partial charge in [-0.25, -0.2) is 4.39 Å². The standard InChI is InChI=1S/C20H25FO4/c1-7-24-16-9-17-14(8-13(16)12(4)18(21)19(22)23)15(11(2)3)10-20(5,6)25-17/h8-11H,7H2,1-6H3,(H,22,23)/p-1/b18-12+. The first kappa shape index (κ1) is 19.0. The van der Waals surface area contributed by atoms with Crippen molar-refractivity contribution in [1.82, 2.24) is 0 Å². The third-order valence-corrected chi connectivity index (χ3v) is 4.10. The first-order chi connectivity index (χ1) is 11.6. The molecule has 0 saturated heterocycles. The zero-order valence-electron chi connectivity index (χ0n) is 15.5. The van der Waals surface area contributed by atoms with Crippen molar-refractivity contribution >= 4 is 17.1 Å². The van der Waals surface area contributed by atoms with Crippen molar-refractivity contribution < 1.29 is 23.8 Å². The average molecular weight is 347 g/mol. The fourth-order valence-electron chi connectivity index (χ4n) is 2.95. The van der Waals surface area contributed by atoms with Gasteiger partial charge < -0.3 is 19.4 Å². The Hall–Kier alpha value is -2.30. The van der Waals surface area contributed by atoms with E-state index in [1.54, 1.807) is 12.1 Å². The van der Waals surface area contributed by atoms with Gasteiger partial charge in [0.15, 0.2) is 0 Å². The van der Waals surface area contributed by atoms with E-state index in [0.29, 0.717) is 23.7 Å². The van der Waals surface area contributed by atoms with Gasteiger partial charge in [0.2, 0.25) is 0 Å². The molecule has 1 aromatic carbocycles. The fourth-order valence-corrected chi connectivity index (χ4v) is 2.95. The number of carbonyl (C=O) groups is 1. The van der Waals surface area contributed by atoms with Gasteiger partial charge in [0.05, 0.1) is 6.61 Å². The lowest BCUT2D eigenvalue weighted by Crippen LogP contribution is -2.30. The van der Waals surface area contributed by atoms with E-state index in [1.165, 1.54) is 6.92 Å². The van der Waals surface area contributed by atoms with Crippen molar-refractivity contribution in [2.24, 2.45) is 5.92 Å². The minimum Gasteiger partial charge on any atom is -0.542 e. The van der Waals surface area contributed by atoms with Gasteiger partial charge in [0.25, 0.3) is 0 Å². The third-order valence-electron chi connectivity index (χ3n) is 4.10. The summed E-state index contributed by atoms with van der Waals surface area (Å²) in [5, 5.41) is 10.9. The van der Waals surface area contributed by atoms with E-state index in [1.807, 2.05) is 26.8 Å². The highest BCUT2D eigenvalue weighted by molar-refractivity contribution is 5.94. The predicted octanol–water partition coefficient (Wildman–Crippen LogP) is 3.75. The first-order valence-electron chi connectivity index (χ1n) is 8.38. The van der Waals surface area contributed by atoms with E-state index in [-0.39, 0.29) is 11.5 Å². The molecule has 0 spiro atoms. The summed E-state index contributed by atoms with van der Waals surface area (Å²) in [7, 11) is 0. The molecule has 0 bridgehead atoms. The minimum atomic E-state index is -1.84. The Morgan fingerprint density at radius 2 is 2.00 bits per heavy atom. The second-order valence-electron chi connectivity index (χ2n) is 6.96. The number of carboxylic acid groups (broad SMARTS) is 1. The van der Waals surface area contributed by atoms with E-state index in [4.69, 9.17) is 9.47 Å². The van der Waals surface area contributed by atoms with Crippen LogP contribution in [0.2, 0.25) is 0 Å². The van der Waals surface area contributed by atoms with Crippen LogP contribution in [0.3, 0.4) is 0 Å². The lowest BCUT2D eigenvalue weighted by molar-refractivity contribution is -0.301. The summed E-state index contributed by atoms with van der Waals surface area (Å²) in [5.74, 6) is -1.88. The maximum atomic E-state index is 14.0. The van der Waals surface area contributed by atoms with E-state index < -0.39 is 17.4 Å². The molecule has 136 valence electrons. The maximum absolute atomic E-state index is 14.0. The van der Waals surface area contributed by atoms with Gasteiger partial charge in [0, 0.05) is 17.2 Å². The number of allylic oxidation sites excluding steroid dienone is 2. The molecule has 1 aromatic rings. The van der Waals surface area contributed by atoms with Crippen LogP contribution in [0.5, 0.6) is 11.5 Å². The Labute approximate surface area is 148 Å². The van der Waals surface area contributed by atoms with Crippen LogP contribution in [0.15, 0.2) is 24.0 Å². The van der Waals surface area contributed by atoms with Gasteiger partial charge in [-0.05, 0) is 56.9 Å². The maximum Gasteiger partial charge on any atom is 0.149 e. The van der Waals surface area contributed by atoms with Crippen LogP contribution in [0, 0.1) is 5.92 Å². The van der Waals surface area contributed by atoms with Crippen LogP contribution in [0.25, 0.3) is 11.1 Å². The van der Waals surface area contributed by atoms with Crippen LogP contribution < -0.4 is 14.6 Å². The molecule has 5 heteroatoms. The molecule has 4 nitrogen and oxygen atoms in total. The molecule has 1 aliphatic rings. The lowest BCUT2D eigenvalue weighted by atomic mass is 9.86. The zero-order valence-corrected chi connectivity index (χ0v) is 15.5. The molecule has 0 fully saturated rings. The Morgan fingerprint density at radius 3 is 2.52 bits per heavy atom. The molecule has 25 heavy (non-hydrogen) atoms. The smallest absolute Gasteiger partial charge is 0.149 e. The Bertz CT molecular complexity index is 757. The Morgan fingerprint density at radius 1 is 1.36 bits per heavy atom. The molecule has 0 aromatic heterocycles. The second kappa shape index (κ2) is 6.90. The predicted molar refractivity (Wildman–Crippen MR) is 93.8 cm³/mol. The molecule has 0 unspecified atom stereocenters. The summed E-state index contributed by atoms with van der Waals surface area (Å²) in [6.45, 7) is 11.6. The molecule has 0 amide bonds. The number of ether oxygens (including phenoxy) is 2. The number of carbonyl (C=O) groups excluding carboxylic acids is 1. The highest BCUT2D eigenvalue weighted by Crippen LogP contribution is 2.44. The van der Waals surface area contributed by atoms with Gasteiger partial charge >= 0.3 is 0 Å². The summed E-state index contributed by atoms with van der Waals surface area (Å²) in [6, 6.07) is 3.44. The Balaban J connectivity index is 2.74. The lowest BCUT2D eigenvalue weighted by Gasteiger charge is -2.33. The molecule has 0 saturated carbocycles. The van der Waals surface area contributed by atoms with E-state index in [0.717, 1.165) is 11.1 Å². The number of carboxylic acids is 1. The average Bonchev–Trinajstić information content (AvgIpc) is 2.51. The van der Waals surface area contributed by atoms with Gasteiger partial charge in [-0.3, -0.25) is 0 Å². The minimum absolute atomic E-state index is 0.0285. The highest BCUT2D eigenvalue weighted by Gasteiger charge is 2.29. The molecule has 0 atom stereocenters. The van der Waals surface area contributed by atoms with E-state index in [9.17, 15) is 14.3 Å². The summed E-state index contributed by atoms with van der Waals surface area (Å²) < 4.78 is 25.6. The number of hydrogen-bond donors (Lipinski definition) is 0. The van der Waals surface area contributed by atoms with Gasteiger partial charge in [-0.15, -0.1) is 0 Å². The highest BCUT2D eigenvalue weighted by atomic mass is 19.1. The van der Waals surface area contributed by atoms with E-state index >= 15 is 0 Å². The molecule has 2 rings (SSSR count). The number of rotatable bonds is 5. The summed E-state index contributed by atoms with van der Waals surface area (Å²) in [4.78, 5) is 10.9. The summed E-state index contributed by atoms with van der Waals surface area (Å²) >= 11 is 0. The molecule has 1 heterocycles. The molecule has 1 aliphatic heterocycles. The van der Waals surface area contributed by atoms with Crippen LogP contribution >= 0.6 is 0 Å². The number of fused-ring (bicyclic) bond motifs is 1. The van der Waals surface area contributed by atoms with Gasteiger partial charge in [0.1, 0.15) is 28.9 Å². The normalized spacial score (nSPS) is 16.6. The van der Waals surface area contributed by atoms with Gasteiger partial charge in [-0.1, -0.05) is 13.8 Å². The number of benzene rings is 1. The topological polar surface area (TPSA) is 58.6 Å². The summed E-state index contributed by atoms with van der Waals surface area (Å²) in [6.07, 6.45) is 2.04. The SMILES string of the molecule is CCOc1cc2c(cc1/C(C)=C(/F)C(=O)[O-])C(C(C)C)=CC(C)(C)O2. The van der Waals surface area contributed by atoms with E-state index in [2.05, 4.69) is 13.8 Å². The van der Waals surface area contributed by atoms with Crippen molar-refractivity contribution in [2.45, 2.75) is 47.1 Å². The number of aliphatic carboxylic acids is 1. The molecule has 0 N–H and O–H groups in total. The Kier molecular flexibility index (Phi) is 5.26. The molecule has 0 aliphatic carbocycles. The van der Waals surface area contributed by atoms with Crippen molar-refractivity contribution in [3.63, 3.8) is 0 Å². The van der Waals surface area contributed by atoms with Crippen molar-refractivity contribution in [3.8, 4) is 11.5 Å². The second-order valence-corrected chi connectivity index (χ2v) is 6.96. The van der Waals surface area contributed by atoms with Crippen LogP contribution in [-0.4, -0.2) is 18.2 Å². The zero-order chi connectivity index (χ0) is 18.9. The monoisotopic (exact) mass is 347 g/mol. The number of halogens is 1. The molecule has 0 radical (unpaired) electrons.